The predicted octanol–water partition coefficient (Wildman–Crippen LogP) is 1.04. The summed E-state index contributed by atoms with van der Waals surface area (Å²) in [6, 6.07) is 11.0. The Morgan fingerprint density at radius 1 is 1.20 bits per heavy atom. The Kier molecular flexibility index (Phi) is 3.84. The molecule has 4 N–H and O–H groups in total. The molecule has 0 amide bonds. The Morgan fingerprint density at radius 2 is 1.95 bits per heavy atom. The van der Waals surface area contributed by atoms with Crippen molar-refractivity contribution in [2.75, 3.05) is 10.1 Å². The lowest BCUT2D eigenvalue weighted by Gasteiger charge is -2.09. The van der Waals surface area contributed by atoms with Gasteiger partial charge >= 0.3 is 0 Å². The summed E-state index contributed by atoms with van der Waals surface area (Å²) in [5.74, 6) is 5.51. The molecule has 0 bridgehead atoms. The zero-order chi connectivity index (χ0) is 14.6. The summed E-state index contributed by atoms with van der Waals surface area (Å²) in [5.41, 5.74) is 2.76. The molecule has 0 saturated carbocycles. The minimum absolute atomic E-state index is 0.0238. The summed E-state index contributed by atoms with van der Waals surface area (Å²) in [7, 11) is -3.80. The molecule has 7 nitrogen and oxygen atoms in total. The van der Waals surface area contributed by atoms with Crippen LogP contribution in [0.25, 0.3) is 0 Å². The van der Waals surface area contributed by atoms with Crippen LogP contribution in [0.5, 0.6) is 0 Å². The molecule has 8 heteroatoms. The van der Waals surface area contributed by atoms with Gasteiger partial charge in [0.2, 0.25) is 0 Å². The van der Waals surface area contributed by atoms with Crippen molar-refractivity contribution in [3.05, 3.63) is 48.2 Å². The van der Waals surface area contributed by atoms with Crippen LogP contribution in [0.1, 0.15) is 5.56 Å². The van der Waals surface area contributed by atoms with E-state index in [4.69, 9.17) is 11.1 Å². The number of nitrogens with zero attached hydrogens (tertiary/aromatic N) is 2. The number of hydrazine groups is 1. The van der Waals surface area contributed by atoms with Gasteiger partial charge in [0.25, 0.3) is 10.0 Å². The smallest absolute Gasteiger partial charge is 0.263 e. The highest BCUT2D eigenvalue weighted by atomic mass is 32.2. The molecule has 20 heavy (non-hydrogen) atoms. The van der Waals surface area contributed by atoms with Crippen LogP contribution in [-0.2, 0) is 10.0 Å². The number of aromatic nitrogens is 1. The lowest BCUT2D eigenvalue weighted by Crippen LogP contribution is -2.15. The number of hydrogen-bond acceptors (Lipinski definition) is 6. The average molecular weight is 289 g/mol. The third kappa shape index (κ3) is 2.85. The first kappa shape index (κ1) is 13.8. The lowest BCUT2D eigenvalue weighted by atomic mass is 10.2. The molecule has 0 atom stereocenters. The molecule has 0 aliphatic heterocycles. The van der Waals surface area contributed by atoms with Crippen molar-refractivity contribution in [3.8, 4) is 6.07 Å². The largest absolute Gasteiger partial charge is 0.308 e. The maximum Gasteiger partial charge on any atom is 0.263 e. The van der Waals surface area contributed by atoms with Crippen LogP contribution in [0.15, 0.2) is 47.5 Å². The Balaban J connectivity index is 2.33. The number of rotatable bonds is 4. The first-order chi connectivity index (χ1) is 9.56. The fourth-order valence-electron chi connectivity index (χ4n) is 1.50. The molecular weight excluding hydrogens is 278 g/mol. The molecule has 0 unspecified atom stereocenters. The average Bonchev–Trinajstić information content (AvgIpc) is 2.47. The zero-order valence-electron chi connectivity index (χ0n) is 10.2. The van der Waals surface area contributed by atoms with E-state index >= 15 is 0 Å². The van der Waals surface area contributed by atoms with E-state index in [-0.39, 0.29) is 16.1 Å². The van der Waals surface area contributed by atoms with Crippen LogP contribution in [0.3, 0.4) is 0 Å². The van der Waals surface area contributed by atoms with E-state index in [2.05, 4.69) is 15.1 Å². The molecule has 1 aromatic carbocycles. The molecule has 2 aromatic rings. The molecule has 0 aliphatic rings. The summed E-state index contributed by atoms with van der Waals surface area (Å²) >= 11 is 0. The van der Waals surface area contributed by atoms with E-state index in [1.54, 1.807) is 12.1 Å². The number of benzene rings is 1. The van der Waals surface area contributed by atoms with Crippen molar-refractivity contribution in [1.29, 1.82) is 5.26 Å². The van der Waals surface area contributed by atoms with E-state index in [1.165, 1.54) is 30.5 Å². The summed E-state index contributed by atoms with van der Waals surface area (Å²) in [4.78, 5) is 3.80. The summed E-state index contributed by atoms with van der Waals surface area (Å²) in [5, 5.41) is 8.93. The van der Waals surface area contributed by atoms with Crippen molar-refractivity contribution in [3.63, 3.8) is 0 Å². The molecular formula is C12H11N5O2S. The zero-order valence-corrected chi connectivity index (χ0v) is 11.1. The maximum atomic E-state index is 12.2. The molecule has 2 rings (SSSR count). The first-order valence-electron chi connectivity index (χ1n) is 5.51. The Morgan fingerprint density at radius 3 is 2.55 bits per heavy atom. The van der Waals surface area contributed by atoms with Gasteiger partial charge in [0.15, 0.2) is 0 Å². The van der Waals surface area contributed by atoms with Crippen LogP contribution >= 0.6 is 0 Å². The number of nitrogens with two attached hydrogens (primary N) is 1. The second-order valence-corrected chi connectivity index (χ2v) is 5.47. The van der Waals surface area contributed by atoms with E-state index < -0.39 is 10.0 Å². The summed E-state index contributed by atoms with van der Waals surface area (Å²) in [6.45, 7) is 0. The van der Waals surface area contributed by atoms with Crippen molar-refractivity contribution >= 4 is 21.5 Å². The highest BCUT2D eigenvalue weighted by Crippen LogP contribution is 2.19. The van der Waals surface area contributed by atoms with Gasteiger partial charge in [0, 0.05) is 6.20 Å². The molecule has 0 saturated heterocycles. The van der Waals surface area contributed by atoms with Gasteiger partial charge in [0.1, 0.15) is 16.8 Å². The Hall–Kier alpha value is -2.63. The van der Waals surface area contributed by atoms with Gasteiger partial charge in [-0.25, -0.2) is 19.2 Å². The second kappa shape index (κ2) is 5.56. The molecule has 0 aliphatic carbocycles. The third-order valence-corrected chi connectivity index (χ3v) is 3.84. The standard InChI is InChI=1S/C12H11N5O2S/c13-7-9-3-1-2-4-11(9)17-20(18,19)10-5-6-12(16-14)15-8-10/h1-6,8,17H,14H2,(H,15,16). The number of nitrogen functional groups attached to an aromatic ring is 1. The van der Waals surface area contributed by atoms with E-state index in [1.807, 2.05) is 6.07 Å². The van der Waals surface area contributed by atoms with Gasteiger partial charge in [-0.05, 0) is 24.3 Å². The Bertz CT molecular complexity index is 750. The van der Waals surface area contributed by atoms with Crippen LogP contribution in [-0.4, -0.2) is 13.4 Å². The van der Waals surface area contributed by atoms with Crippen molar-refractivity contribution in [1.82, 2.24) is 4.98 Å². The van der Waals surface area contributed by atoms with Crippen LogP contribution < -0.4 is 16.0 Å². The summed E-state index contributed by atoms with van der Waals surface area (Å²) < 4.78 is 26.7. The van der Waals surface area contributed by atoms with Crippen LogP contribution in [0.4, 0.5) is 11.5 Å². The quantitative estimate of drug-likeness (QED) is 0.571. The minimum Gasteiger partial charge on any atom is -0.308 e. The highest BCUT2D eigenvalue weighted by Gasteiger charge is 2.16. The number of para-hydroxylation sites is 1. The van der Waals surface area contributed by atoms with Gasteiger partial charge in [-0.2, -0.15) is 5.26 Å². The van der Waals surface area contributed by atoms with E-state index in [0.29, 0.717) is 5.82 Å². The number of sulfonamides is 1. The van der Waals surface area contributed by atoms with Crippen molar-refractivity contribution < 1.29 is 8.42 Å². The number of nitrogens with one attached hydrogen (secondary N) is 2. The molecule has 102 valence electrons. The molecule has 0 fully saturated rings. The van der Waals surface area contributed by atoms with Crippen LogP contribution in [0, 0.1) is 11.3 Å². The number of hydrogen-bond donors (Lipinski definition) is 3. The van der Waals surface area contributed by atoms with Gasteiger partial charge in [0.05, 0.1) is 11.3 Å². The SMILES string of the molecule is N#Cc1ccccc1NS(=O)(=O)c1ccc(NN)nc1. The molecule has 0 spiro atoms. The van der Waals surface area contributed by atoms with E-state index in [9.17, 15) is 8.42 Å². The fraction of sp³-hybridized carbons (Fsp3) is 0. The molecule has 1 aromatic heterocycles. The molecule has 1 heterocycles. The highest BCUT2D eigenvalue weighted by molar-refractivity contribution is 7.92. The van der Waals surface area contributed by atoms with Gasteiger partial charge in [-0.1, -0.05) is 12.1 Å². The Labute approximate surface area is 116 Å². The molecule has 0 radical (unpaired) electrons. The maximum absolute atomic E-state index is 12.2. The minimum atomic E-state index is -3.80. The topological polar surface area (TPSA) is 121 Å². The fourth-order valence-corrected chi connectivity index (χ4v) is 2.52. The normalized spacial score (nSPS) is 10.6. The number of anilines is 2. The first-order valence-corrected chi connectivity index (χ1v) is 7.00. The van der Waals surface area contributed by atoms with Gasteiger partial charge in [-0.3, -0.25) is 4.72 Å². The van der Waals surface area contributed by atoms with E-state index in [0.717, 1.165) is 0 Å². The van der Waals surface area contributed by atoms with Crippen molar-refractivity contribution in [2.45, 2.75) is 4.90 Å². The van der Waals surface area contributed by atoms with Crippen LogP contribution in [0.2, 0.25) is 0 Å². The van der Waals surface area contributed by atoms with Gasteiger partial charge < -0.3 is 5.43 Å². The second-order valence-electron chi connectivity index (χ2n) is 3.79. The number of pyridine rings is 1. The predicted molar refractivity (Wildman–Crippen MR) is 74.0 cm³/mol. The monoisotopic (exact) mass is 289 g/mol. The number of nitriles is 1. The third-order valence-electron chi connectivity index (χ3n) is 2.49. The lowest BCUT2D eigenvalue weighted by molar-refractivity contribution is 0.601. The summed E-state index contributed by atoms with van der Waals surface area (Å²) in [6.07, 6.45) is 1.17. The van der Waals surface area contributed by atoms with Crippen molar-refractivity contribution in [2.24, 2.45) is 5.84 Å². The van der Waals surface area contributed by atoms with Gasteiger partial charge in [-0.15, -0.1) is 0 Å².